The first-order valence-electron chi connectivity index (χ1n) is 12.5. The summed E-state index contributed by atoms with van der Waals surface area (Å²) in [5.74, 6) is -0.0342. The van der Waals surface area contributed by atoms with Gasteiger partial charge in [-0.3, -0.25) is 19.3 Å². The third kappa shape index (κ3) is 6.50. The van der Waals surface area contributed by atoms with Gasteiger partial charge in [-0.25, -0.2) is 0 Å². The van der Waals surface area contributed by atoms with Crippen LogP contribution in [-0.2, 0) is 16.2 Å². The fourth-order valence-electron chi connectivity index (χ4n) is 4.32. The number of ether oxygens (including phenoxy) is 2. The van der Waals surface area contributed by atoms with Gasteiger partial charge >= 0.3 is 0 Å². The number of nitriles is 1. The van der Waals surface area contributed by atoms with E-state index in [1.807, 2.05) is 13.0 Å². The van der Waals surface area contributed by atoms with E-state index in [-0.39, 0.29) is 29.0 Å². The lowest BCUT2D eigenvalue weighted by atomic mass is 10.1. The number of likely N-dealkylation sites (tertiary alicyclic amines) is 1. The molecule has 2 aromatic rings. The third-order valence-corrected chi connectivity index (χ3v) is 7.45. The van der Waals surface area contributed by atoms with E-state index in [1.165, 1.54) is 0 Å². The Labute approximate surface area is 231 Å². The molecule has 2 aliphatic heterocycles. The number of nitrogens with zero attached hydrogens (tertiary/aromatic N) is 3. The lowest BCUT2D eigenvalue weighted by Gasteiger charge is -2.22. The predicted octanol–water partition coefficient (Wildman–Crippen LogP) is 5.63. The van der Waals surface area contributed by atoms with Crippen molar-refractivity contribution in [2.75, 3.05) is 26.2 Å². The van der Waals surface area contributed by atoms with Gasteiger partial charge in [-0.2, -0.15) is 5.26 Å². The van der Waals surface area contributed by atoms with E-state index < -0.39 is 11.1 Å². The highest BCUT2D eigenvalue weighted by Crippen LogP contribution is 2.39. The van der Waals surface area contributed by atoms with E-state index >= 15 is 0 Å². The Morgan fingerprint density at radius 1 is 1.13 bits per heavy atom. The molecule has 0 aromatic heterocycles. The summed E-state index contributed by atoms with van der Waals surface area (Å²) >= 11 is 7.33. The van der Waals surface area contributed by atoms with Crippen molar-refractivity contribution in [1.82, 2.24) is 9.80 Å². The Hall–Kier alpha value is -3.48. The minimum absolute atomic E-state index is 0.118. The van der Waals surface area contributed by atoms with Gasteiger partial charge in [-0.05, 0) is 61.4 Å². The molecular weight excluding hydrogens is 526 g/mol. The van der Waals surface area contributed by atoms with E-state index in [4.69, 9.17) is 21.1 Å². The smallest absolute Gasteiger partial charge is 0.294 e. The van der Waals surface area contributed by atoms with Crippen LogP contribution in [0.3, 0.4) is 0 Å². The number of hydrogen-bond acceptors (Lipinski definition) is 7. The summed E-state index contributed by atoms with van der Waals surface area (Å²) in [5, 5.41) is 9.11. The zero-order valence-corrected chi connectivity index (χ0v) is 22.6. The summed E-state index contributed by atoms with van der Waals surface area (Å²) in [7, 11) is 0. The molecule has 10 heteroatoms. The molecule has 38 heavy (non-hydrogen) atoms. The van der Waals surface area contributed by atoms with Crippen molar-refractivity contribution in [3.8, 4) is 17.6 Å². The van der Waals surface area contributed by atoms with Crippen molar-refractivity contribution in [1.29, 1.82) is 5.26 Å². The fraction of sp³-hybridized carbons (Fsp3) is 0.357. The summed E-state index contributed by atoms with van der Waals surface area (Å²) in [4.78, 5) is 41.3. The van der Waals surface area contributed by atoms with Gasteiger partial charge in [0, 0.05) is 18.7 Å². The molecule has 0 bridgehead atoms. The van der Waals surface area contributed by atoms with E-state index in [2.05, 4.69) is 6.07 Å². The Morgan fingerprint density at radius 3 is 2.58 bits per heavy atom. The minimum atomic E-state index is -0.509. The molecular formula is C28H28ClN3O5S. The Bertz CT molecular complexity index is 1300. The van der Waals surface area contributed by atoms with E-state index in [9.17, 15) is 19.6 Å². The number of rotatable bonds is 8. The average molecular weight is 554 g/mol. The molecule has 2 aromatic carbocycles. The molecule has 0 aliphatic carbocycles. The van der Waals surface area contributed by atoms with Gasteiger partial charge in [0.15, 0.2) is 11.5 Å². The van der Waals surface area contributed by atoms with Crippen LogP contribution in [-0.4, -0.2) is 53.1 Å². The number of amides is 3. The van der Waals surface area contributed by atoms with Crippen LogP contribution < -0.4 is 9.47 Å². The summed E-state index contributed by atoms with van der Waals surface area (Å²) in [6.45, 7) is 3.33. The van der Waals surface area contributed by atoms with Crippen molar-refractivity contribution < 1.29 is 23.9 Å². The van der Waals surface area contributed by atoms with E-state index in [0.29, 0.717) is 47.9 Å². The first kappa shape index (κ1) is 27.6. The van der Waals surface area contributed by atoms with Gasteiger partial charge < -0.3 is 14.4 Å². The summed E-state index contributed by atoms with van der Waals surface area (Å²) < 4.78 is 11.7. The molecule has 8 nitrogen and oxygen atoms in total. The third-order valence-electron chi connectivity index (χ3n) is 6.27. The van der Waals surface area contributed by atoms with Crippen molar-refractivity contribution in [2.24, 2.45) is 0 Å². The van der Waals surface area contributed by atoms with Gasteiger partial charge in [-0.1, -0.05) is 42.6 Å². The normalized spacial score (nSPS) is 16.9. The van der Waals surface area contributed by atoms with E-state index in [1.54, 1.807) is 41.3 Å². The van der Waals surface area contributed by atoms with Crippen LogP contribution in [0.15, 0.2) is 41.3 Å². The van der Waals surface area contributed by atoms with Gasteiger partial charge in [-0.15, -0.1) is 0 Å². The molecule has 2 saturated heterocycles. The minimum Gasteiger partial charge on any atom is -0.490 e. The van der Waals surface area contributed by atoms with Crippen LogP contribution >= 0.6 is 23.4 Å². The molecule has 198 valence electrons. The second-order valence-electron chi connectivity index (χ2n) is 8.88. The van der Waals surface area contributed by atoms with Crippen LogP contribution in [0.25, 0.3) is 6.08 Å². The van der Waals surface area contributed by atoms with Crippen molar-refractivity contribution in [3.05, 3.63) is 63.0 Å². The highest BCUT2D eigenvalue weighted by atomic mass is 35.5. The summed E-state index contributed by atoms with van der Waals surface area (Å²) in [6.07, 6.45) is 5.58. The monoisotopic (exact) mass is 553 g/mol. The van der Waals surface area contributed by atoms with Crippen LogP contribution in [0.1, 0.15) is 49.3 Å². The zero-order chi connectivity index (χ0) is 27.1. The first-order valence-corrected chi connectivity index (χ1v) is 13.7. The maximum atomic E-state index is 13.0. The van der Waals surface area contributed by atoms with Gasteiger partial charge in [0.25, 0.3) is 11.1 Å². The molecule has 0 saturated carbocycles. The van der Waals surface area contributed by atoms with E-state index in [0.717, 1.165) is 42.3 Å². The molecule has 0 spiro atoms. The van der Waals surface area contributed by atoms with Gasteiger partial charge in [0.1, 0.15) is 13.2 Å². The predicted molar refractivity (Wildman–Crippen MR) is 146 cm³/mol. The zero-order valence-electron chi connectivity index (χ0n) is 21.1. The Morgan fingerprint density at radius 2 is 1.87 bits per heavy atom. The number of benzene rings is 2. The van der Waals surface area contributed by atoms with Gasteiger partial charge in [0.2, 0.25) is 5.91 Å². The van der Waals surface area contributed by atoms with Crippen LogP contribution in [0, 0.1) is 11.3 Å². The summed E-state index contributed by atoms with van der Waals surface area (Å²) in [5.41, 5.74) is 1.76. The van der Waals surface area contributed by atoms with Crippen molar-refractivity contribution in [3.63, 3.8) is 0 Å². The largest absolute Gasteiger partial charge is 0.490 e. The van der Waals surface area contributed by atoms with Crippen LogP contribution in [0.2, 0.25) is 5.02 Å². The highest BCUT2D eigenvalue weighted by molar-refractivity contribution is 8.18. The Kier molecular flexibility index (Phi) is 9.32. The molecule has 0 N–H and O–H groups in total. The van der Waals surface area contributed by atoms with Crippen molar-refractivity contribution in [2.45, 2.75) is 39.2 Å². The second-order valence-corrected chi connectivity index (χ2v) is 10.3. The molecule has 3 amide bonds. The van der Waals surface area contributed by atoms with Crippen LogP contribution in [0.5, 0.6) is 11.5 Å². The number of imide groups is 1. The molecule has 2 fully saturated rings. The maximum absolute atomic E-state index is 13.0. The molecule has 2 aliphatic rings. The SMILES string of the molecule is CCOc1cc(C=C2SC(=O)N(CC(=O)N3CCCCCC3)C2=O)cc(Cl)c1OCc1ccccc1C#N. The number of hydrogen-bond donors (Lipinski definition) is 0. The standard InChI is InChI=1S/C28H28ClN3O5S/c1-2-36-23-14-19(13-22(29)26(23)37-18-21-10-6-5-9-20(21)16-30)15-24-27(34)32(28(35)38-24)17-25(33)31-11-7-3-4-8-12-31/h5-6,9-10,13-15H,2-4,7-8,11-12,17-18H2,1H3. The number of halogens is 1. The number of thioether (sulfide) groups is 1. The molecule has 0 unspecified atom stereocenters. The summed E-state index contributed by atoms with van der Waals surface area (Å²) in [6, 6.07) is 12.5. The highest BCUT2D eigenvalue weighted by Gasteiger charge is 2.37. The van der Waals surface area contributed by atoms with Crippen molar-refractivity contribution >= 4 is 46.5 Å². The lowest BCUT2D eigenvalue weighted by Crippen LogP contribution is -2.42. The number of carbonyl (C=O) groups excluding carboxylic acids is 3. The Balaban J connectivity index is 1.51. The topological polar surface area (TPSA) is 99.9 Å². The van der Waals surface area contributed by atoms with Crippen LogP contribution in [0.4, 0.5) is 4.79 Å². The molecule has 0 radical (unpaired) electrons. The fourth-order valence-corrected chi connectivity index (χ4v) is 5.43. The van der Waals surface area contributed by atoms with Gasteiger partial charge in [0.05, 0.1) is 28.2 Å². The number of carbonyl (C=O) groups is 3. The average Bonchev–Trinajstić information content (AvgIpc) is 3.09. The molecule has 4 rings (SSSR count). The second kappa shape index (κ2) is 12.9. The lowest BCUT2D eigenvalue weighted by molar-refractivity contribution is -0.135. The maximum Gasteiger partial charge on any atom is 0.294 e. The molecule has 2 heterocycles. The quantitative estimate of drug-likeness (QED) is 0.391. The first-order chi connectivity index (χ1) is 18.4. The molecule has 0 atom stereocenters.